The molecule has 2 aliphatic rings. The molecule has 8 rings (SSSR count). The van der Waals surface area contributed by atoms with Crippen LogP contribution in [0.2, 0.25) is 0 Å². The molecule has 0 aliphatic heterocycles. The van der Waals surface area contributed by atoms with Gasteiger partial charge in [0.1, 0.15) is 45.1 Å². The number of rotatable bonds is 4. The summed E-state index contributed by atoms with van der Waals surface area (Å²) >= 11 is 0. The Hall–Kier alpha value is -4.89. The molecule has 0 saturated heterocycles. The van der Waals surface area contributed by atoms with Gasteiger partial charge in [0, 0.05) is 17.4 Å². The smallest absolute Gasteiger partial charge is 0.139 e. The van der Waals surface area contributed by atoms with Gasteiger partial charge in [-0.2, -0.15) is 0 Å². The first kappa shape index (κ1) is 29.5. The third-order valence-electron chi connectivity index (χ3n) is 11.0. The summed E-state index contributed by atoms with van der Waals surface area (Å²) < 4.78 is 2.32. The minimum absolute atomic E-state index is 0.215. The zero-order chi connectivity index (χ0) is 32.4. The van der Waals surface area contributed by atoms with Gasteiger partial charge < -0.3 is 0 Å². The number of benzene rings is 5. The second kappa shape index (κ2) is 11.4. The van der Waals surface area contributed by atoms with E-state index in [4.69, 9.17) is 4.98 Å². The maximum Gasteiger partial charge on any atom is 0.139 e. The highest BCUT2D eigenvalue weighted by Gasteiger charge is 2.36. The van der Waals surface area contributed by atoms with Crippen molar-refractivity contribution in [3.63, 3.8) is 0 Å². The molecule has 6 aromatic rings. The van der Waals surface area contributed by atoms with Gasteiger partial charge in [0.25, 0.3) is 0 Å². The molecule has 220 valence electrons. The largest absolute Gasteiger partial charge is 0.296 e. The molecule has 2 atom stereocenters. The van der Waals surface area contributed by atoms with Crippen molar-refractivity contribution in [2.24, 2.45) is 5.92 Å². The summed E-state index contributed by atoms with van der Waals surface area (Å²) in [6.07, 6.45) is 9.18. The Morgan fingerprint density at radius 1 is 0.638 bits per heavy atom. The normalized spacial score (nSPS) is 16.8. The van der Waals surface area contributed by atoms with E-state index in [1.165, 1.54) is 71.8 Å². The number of aryl methyl sites for hydroxylation is 1. The number of para-hydroxylation sites is 3. The fourth-order valence-corrected chi connectivity index (χ4v) is 8.25. The lowest BCUT2D eigenvalue weighted by molar-refractivity contribution is 0.649. The summed E-state index contributed by atoms with van der Waals surface area (Å²) in [5.41, 5.74) is 20.9. The van der Waals surface area contributed by atoms with Gasteiger partial charge in [-0.25, -0.2) is 4.98 Å². The number of fused-ring (bicyclic) bond motifs is 3. The Balaban J connectivity index is 1.30. The van der Waals surface area contributed by atoms with Gasteiger partial charge >= 0.3 is 0 Å². The zero-order valence-electron chi connectivity index (χ0n) is 28.1. The van der Waals surface area contributed by atoms with Crippen LogP contribution in [0.25, 0.3) is 33.4 Å². The molecule has 0 bridgehead atoms. The highest BCUT2D eigenvalue weighted by Crippen LogP contribution is 2.51. The number of aromatic nitrogens is 2. The monoisotopic (exact) mass is 598 g/mol. The van der Waals surface area contributed by atoms with E-state index in [1.54, 1.807) is 0 Å². The number of hydrogen-bond donors (Lipinski definition) is 0. The molecule has 1 heterocycles. The van der Waals surface area contributed by atoms with Crippen molar-refractivity contribution in [2.75, 3.05) is 0 Å². The van der Waals surface area contributed by atoms with Crippen LogP contribution in [0.1, 0.15) is 34.0 Å². The van der Waals surface area contributed by atoms with Crippen LogP contribution in [0.15, 0.2) is 127 Å². The zero-order valence-corrected chi connectivity index (χ0v) is 28.1. The van der Waals surface area contributed by atoms with E-state index in [-0.39, 0.29) is 11.8 Å². The Morgan fingerprint density at radius 2 is 1.28 bits per heavy atom. The molecule has 47 heavy (non-hydrogen) atoms. The minimum Gasteiger partial charge on any atom is -0.296 e. The molecular weight excluding hydrogens is 563 g/mol. The molecule has 2 nitrogen and oxygen atoms in total. The number of nitrogens with zero attached hydrogens (tertiary/aromatic N) is 2. The minimum atomic E-state index is 0.215. The molecule has 2 unspecified atom stereocenters. The Labute approximate surface area is 282 Å². The van der Waals surface area contributed by atoms with Crippen molar-refractivity contribution >= 4 is 83.2 Å². The van der Waals surface area contributed by atoms with Crippen LogP contribution in [0.4, 0.5) is 0 Å². The Morgan fingerprint density at radius 3 is 2.04 bits per heavy atom. The summed E-state index contributed by atoms with van der Waals surface area (Å²) in [5.74, 6) is 1.43. The van der Waals surface area contributed by atoms with Crippen LogP contribution >= 0.6 is 0 Å². The van der Waals surface area contributed by atoms with E-state index in [9.17, 15) is 0 Å². The third-order valence-corrected chi connectivity index (χ3v) is 11.0. The standard InChI is InChI=1S/C40H35B5N2/c1-22-46-30-15-7-9-17-32(30)47(22)31-16-8-6-14-29(31)35-27-12-4-2-10-25(27)33(26-11-3-5-13-28(26)35)23-18-20-24(21-19-23)34-36(41)38(43)40(45)39(44)37(34)42/h2-21,25,33H,41-45H2,1H3. The van der Waals surface area contributed by atoms with E-state index in [0.717, 1.165) is 22.5 Å². The SMILES string of the molecule is Bc1c(B)c(B)c(-c2ccc(C3c4ccccc4C(c4ccccc4-n4c(C)nc5ccccc54)=C4C=CC=CC43)cc2)c(B)c1B. The molecule has 0 N–H and O–H groups in total. The van der Waals surface area contributed by atoms with Crippen LogP contribution in [0.5, 0.6) is 0 Å². The molecule has 2 aliphatic carbocycles. The first-order valence-corrected chi connectivity index (χ1v) is 16.7. The van der Waals surface area contributed by atoms with Gasteiger partial charge in [-0.05, 0) is 64.1 Å². The average molecular weight is 598 g/mol. The van der Waals surface area contributed by atoms with Crippen LogP contribution in [0, 0.1) is 12.8 Å². The molecule has 0 fully saturated rings. The summed E-state index contributed by atoms with van der Waals surface area (Å²) in [5, 5.41) is 0. The first-order chi connectivity index (χ1) is 22.8. The molecule has 7 heteroatoms. The van der Waals surface area contributed by atoms with Crippen molar-refractivity contribution in [1.82, 2.24) is 9.55 Å². The van der Waals surface area contributed by atoms with Crippen molar-refractivity contribution in [3.05, 3.63) is 155 Å². The predicted octanol–water partition coefficient (Wildman–Crippen LogP) is 0.983. The highest BCUT2D eigenvalue weighted by atomic mass is 15.1. The van der Waals surface area contributed by atoms with E-state index in [2.05, 4.69) is 172 Å². The van der Waals surface area contributed by atoms with E-state index >= 15 is 0 Å². The Kier molecular flexibility index (Phi) is 7.17. The van der Waals surface area contributed by atoms with Gasteiger partial charge in [-0.15, -0.1) is 16.4 Å². The molecule has 1 aromatic heterocycles. The van der Waals surface area contributed by atoms with Crippen molar-refractivity contribution < 1.29 is 0 Å². The molecule has 0 radical (unpaired) electrons. The maximum atomic E-state index is 4.93. The van der Waals surface area contributed by atoms with Gasteiger partial charge in [-0.3, -0.25) is 4.57 Å². The van der Waals surface area contributed by atoms with E-state index < -0.39 is 0 Å². The van der Waals surface area contributed by atoms with Crippen LogP contribution < -0.4 is 27.3 Å². The van der Waals surface area contributed by atoms with Crippen molar-refractivity contribution in [2.45, 2.75) is 12.8 Å². The van der Waals surface area contributed by atoms with Crippen LogP contribution in [-0.4, -0.2) is 48.8 Å². The lowest BCUT2D eigenvalue weighted by atomic mass is 9.59. The summed E-state index contributed by atoms with van der Waals surface area (Å²) in [4.78, 5) is 4.93. The van der Waals surface area contributed by atoms with Gasteiger partial charge in [0.2, 0.25) is 0 Å². The van der Waals surface area contributed by atoms with Gasteiger partial charge in [0.15, 0.2) is 0 Å². The average Bonchev–Trinajstić information content (AvgIpc) is 3.44. The fourth-order valence-electron chi connectivity index (χ4n) is 8.25. The van der Waals surface area contributed by atoms with Crippen molar-refractivity contribution in [1.29, 1.82) is 0 Å². The quantitative estimate of drug-likeness (QED) is 0.277. The first-order valence-electron chi connectivity index (χ1n) is 16.7. The van der Waals surface area contributed by atoms with Crippen LogP contribution in [-0.2, 0) is 0 Å². The summed E-state index contributed by atoms with van der Waals surface area (Å²) in [7, 11) is 11.3. The third kappa shape index (κ3) is 4.59. The summed E-state index contributed by atoms with van der Waals surface area (Å²) in [6, 6.07) is 35.8. The molecular formula is C40H35B5N2. The Bertz CT molecular complexity index is 2300. The lowest BCUT2D eigenvalue weighted by Gasteiger charge is -2.37. The lowest BCUT2D eigenvalue weighted by Crippen LogP contribution is -2.55. The molecule has 0 amide bonds. The van der Waals surface area contributed by atoms with E-state index in [0.29, 0.717) is 0 Å². The molecule has 0 saturated carbocycles. The van der Waals surface area contributed by atoms with Gasteiger partial charge in [0.05, 0.1) is 16.7 Å². The van der Waals surface area contributed by atoms with E-state index in [1.807, 2.05) is 0 Å². The molecule has 5 aromatic carbocycles. The summed E-state index contributed by atoms with van der Waals surface area (Å²) in [6.45, 7) is 2.11. The number of hydrogen-bond acceptors (Lipinski definition) is 1. The number of imidazole rings is 1. The highest BCUT2D eigenvalue weighted by molar-refractivity contribution is 6.68. The fraction of sp³-hybridized carbons (Fsp3) is 0.0750. The second-order valence-corrected chi connectivity index (χ2v) is 13.3. The molecule has 0 spiro atoms. The number of allylic oxidation sites excluding steroid dienone is 5. The van der Waals surface area contributed by atoms with Gasteiger partial charge in [-0.1, -0.05) is 114 Å². The van der Waals surface area contributed by atoms with Crippen molar-refractivity contribution in [3.8, 4) is 16.8 Å². The van der Waals surface area contributed by atoms with Crippen LogP contribution in [0.3, 0.4) is 0 Å². The predicted molar refractivity (Wildman–Crippen MR) is 215 cm³/mol. The second-order valence-electron chi connectivity index (χ2n) is 13.3. The topological polar surface area (TPSA) is 17.8 Å². The maximum absolute atomic E-state index is 4.93.